The second kappa shape index (κ2) is 6.99. The van der Waals surface area contributed by atoms with E-state index in [1.165, 1.54) is 30.2 Å². The molecular weight excluding hydrogens is 346 g/mol. The summed E-state index contributed by atoms with van der Waals surface area (Å²) in [6.45, 7) is 3.96. The molecule has 0 aliphatic heterocycles. The van der Waals surface area contributed by atoms with Crippen molar-refractivity contribution in [3.63, 3.8) is 0 Å². The van der Waals surface area contributed by atoms with Gasteiger partial charge in [0.15, 0.2) is 5.16 Å². The second-order valence-electron chi connectivity index (χ2n) is 6.60. The van der Waals surface area contributed by atoms with E-state index < -0.39 is 0 Å². The number of aryl methyl sites for hydroxylation is 2. The van der Waals surface area contributed by atoms with Crippen LogP contribution in [0.5, 0.6) is 0 Å². The zero-order valence-electron chi connectivity index (χ0n) is 14.8. The number of hydrogen-bond donors (Lipinski definition) is 1. The molecule has 0 spiro atoms. The summed E-state index contributed by atoms with van der Waals surface area (Å²) in [5.41, 5.74) is 2.97. The molecule has 1 aromatic carbocycles. The molecule has 0 atom stereocenters. The standard InChI is InChI=1S/C19H21N5OS/c1-13-3-5-16(6-4-13)24-17(11-14(2)22-24)21-18(25)12-26-19-20-9-10-23(19)15-7-8-15/h3-6,9-11,15H,7-8,12H2,1-2H3,(H,21,25). The molecule has 0 unspecified atom stereocenters. The van der Waals surface area contributed by atoms with Gasteiger partial charge in [0.05, 0.1) is 17.1 Å². The van der Waals surface area contributed by atoms with Crippen LogP contribution in [0.1, 0.15) is 30.1 Å². The largest absolute Gasteiger partial charge is 0.323 e. The minimum absolute atomic E-state index is 0.0615. The minimum atomic E-state index is -0.0615. The third-order valence-corrected chi connectivity index (χ3v) is 5.26. The summed E-state index contributed by atoms with van der Waals surface area (Å²) < 4.78 is 3.93. The van der Waals surface area contributed by atoms with Crippen LogP contribution in [0.2, 0.25) is 0 Å². The molecule has 1 aliphatic carbocycles. The normalized spacial score (nSPS) is 13.8. The van der Waals surface area contributed by atoms with E-state index in [1.807, 2.05) is 50.4 Å². The van der Waals surface area contributed by atoms with Crippen LogP contribution in [0.3, 0.4) is 0 Å². The molecule has 4 rings (SSSR count). The highest BCUT2D eigenvalue weighted by molar-refractivity contribution is 7.99. The molecule has 3 aromatic rings. The molecule has 2 heterocycles. The summed E-state index contributed by atoms with van der Waals surface area (Å²) in [5, 5.41) is 8.38. The SMILES string of the molecule is Cc1ccc(-n2nc(C)cc2NC(=O)CSc2nccn2C2CC2)cc1. The number of nitrogens with zero attached hydrogens (tertiary/aromatic N) is 4. The summed E-state index contributed by atoms with van der Waals surface area (Å²) >= 11 is 1.47. The fourth-order valence-corrected chi connectivity index (χ4v) is 3.65. The smallest absolute Gasteiger partial charge is 0.236 e. The van der Waals surface area contributed by atoms with Gasteiger partial charge in [-0.3, -0.25) is 4.79 Å². The van der Waals surface area contributed by atoms with Gasteiger partial charge in [-0.1, -0.05) is 29.5 Å². The Labute approximate surface area is 156 Å². The minimum Gasteiger partial charge on any atom is -0.323 e. The highest BCUT2D eigenvalue weighted by Crippen LogP contribution is 2.37. The summed E-state index contributed by atoms with van der Waals surface area (Å²) in [4.78, 5) is 16.8. The lowest BCUT2D eigenvalue weighted by Gasteiger charge is -2.09. The third kappa shape index (κ3) is 3.67. The van der Waals surface area contributed by atoms with Crippen molar-refractivity contribution in [1.82, 2.24) is 19.3 Å². The lowest BCUT2D eigenvalue weighted by molar-refractivity contribution is -0.113. The van der Waals surface area contributed by atoms with Gasteiger partial charge in [-0.2, -0.15) is 5.10 Å². The van der Waals surface area contributed by atoms with Gasteiger partial charge in [0.2, 0.25) is 5.91 Å². The van der Waals surface area contributed by atoms with Crippen molar-refractivity contribution in [1.29, 1.82) is 0 Å². The lowest BCUT2D eigenvalue weighted by Crippen LogP contribution is -2.17. The van der Waals surface area contributed by atoms with Crippen molar-refractivity contribution < 1.29 is 4.79 Å². The quantitative estimate of drug-likeness (QED) is 0.674. The van der Waals surface area contributed by atoms with E-state index in [1.54, 1.807) is 10.9 Å². The van der Waals surface area contributed by atoms with Crippen molar-refractivity contribution in [2.24, 2.45) is 0 Å². The Hall–Kier alpha value is -2.54. The van der Waals surface area contributed by atoms with Crippen LogP contribution < -0.4 is 5.32 Å². The Morgan fingerprint density at radius 1 is 1.27 bits per heavy atom. The van der Waals surface area contributed by atoms with E-state index in [0.29, 0.717) is 17.6 Å². The highest BCUT2D eigenvalue weighted by atomic mass is 32.2. The first-order valence-corrected chi connectivity index (χ1v) is 9.68. The Morgan fingerprint density at radius 3 is 2.77 bits per heavy atom. The number of thioether (sulfide) groups is 1. The lowest BCUT2D eigenvalue weighted by atomic mass is 10.2. The van der Waals surface area contributed by atoms with E-state index in [2.05, 4.69) is 20.0 Å². The van der Waals surface area contributed by atoms with Crippen LogP contribution in [0.15, 0.2) is 47.9 Å². The molecular formula is C19H21N5OS. The monoisotopic (exact) mass is 367 g/mol. The first-order valence-electron chi connectivity index (χ1n) is 8.69. The third-order valence-electron chi connectivity index (χ3n) is 4.28. The first kappa shape index (κ1) is 16.9. The summed E-state index contributed by atoms with van der Waals surface area (Å²) in [6.07, 6.45) is 6.19. The molecule has 6 nitrogen and oxygen atoms in total. The van der Waals surface area contributed by atoms with Gasteiger partial charge in [0.25, 0.3) is 0 Å². The molecule has 0 saturated heterocycles. The number of rotatable bonds is 6. The zero-order valence-corrected chi connectivity index (χ0v) is 15.7. The maximum absolute atomic E-state index is 12.4. The molecule has 0 bridgehead atoms. The number of carbonyl (C=O) groups excluding carboxylic acids is 1. The van der Waals surface area contributed by atoms with Crippen LogP contribution in [0.25, 0.3) is 5.69 Å². The van der Waals surface area contributed by atoms with E-state index in [9.17, 15) is 4.79 Å². The van der Waals surface area contributed by atoms with Crippen molar-refractivity contribution >= 4 is 23.5 Å². The first-order chi connectivity index (χ1) is 12.6. The Bertz CT molecular complexity index is 924. The second-order valence-corrected chi connectivity index (χ2v) is 7.55. The zero-order chi connectivity index (χ0) is 18.1. The van der Waals surface area contributed by atoms with Gasteiger partial charge >= 0.3 is 0 Å². The van der Waals surface area contributed by atoms with Gasteiger partial charge in [-0.25, -0.2) is 9.67 Å². The van der Waals surface area contributed by atoms with Crippen molar-refractivity contribution in [3.05, 3.63) is 54.0 Å². The predicted octanol–water partition coefficient (Wildman–Crippen LogP) is 3.75. The molecule has 0 radical (unpaired) electrons. The number of amides is 1. The number of benzene rings is 1. The molecule has 1 aliphatic rings. The number of nitrogens with one attached hydrogen (secondary N) is 1. The number of anilines is 1. The maximum atomic E-state index is 12.4. The van der Waals surface area contributed by atoms with Gasteiger partial charge in [-0.05, 0) is 38.8 Å². The fraction of sp³-hybridized carbons (Fsp3) is 0.316. The van der Waals surface area contributed by atoms with Crippen molar-refractivity contribution in [2.45, 2.75) is 37.9 Å². The van der Waals surface area contributed by atoms with E-state index in [-0.39, 0.29) is 5.91 Å². The number of imidazole rings is 1. The predicted molar refractivity (Wildman–Crippen MR) is 103 cm³/mol. The Kier molecular flexibility index (Phi) is 4.55. The summed E-state index contributed by atoms with van der Waals surface area (Å²) in [6, 6.07) is 10.5. The summed E-state index contributed by atoms with van der Waals surface area (Å²) in [5.74, 6) is 0.943. The van der Waals surface area contributed by atoms with E-state index in [4.69, 9.17) is 0 Å². The van der Waals surface area contributed by atoms with Crippen molar-refractivity contribution in [3.8, 4) is 5.69 Å². The molecule has 2 aromatic heterocycles. The molecule has 1 amide bonds. The number of aromatic nitrogens is 4. The molecule has 134 valence electrons. The van der Waals surface area contributed by atoms with Gasteiger partial charge in [0, 0.05) is 24.5 Å². The number of carbonyl (C=O) groups is 1. The van der Waals surface area contributed by atoms with Gasteiger partial charge in [-0.15, -0.1) is 0 Å². The molecule has 1 fully saturated rings. The average molecular weight is 367 g/mol. The summed E-state index contributed by atoms with van der Waals surface area (Å²) in [7, 11) is 0. The topological polar surface area (TPSA) is 64.7 Å². The molecule has 7 heteroatoms. The fourth-order valence-electron chi connectivity index (χ4n) is 2.82. The van der Waals surface area contributed by atoms with Crippen molar-refractivity contribution in [2.75, 3.05) is 11.1 Å². The Morgan fingerprint density at radius 2 is 2.04 bits per heavy atom. The van der Waals surface area contributed by atoms with Crippen LogP contribution in [-0.2, 0) is 4.79 Å². The Balaban J connectivity index is 1.44. The van der Waals surface area contributed by atoms with E-state index >= 15 is 0 Å². The van der Waals surface area contributed by atoms with Crippen LogP contribution in [-0.4, -0.2) is 31.0 Å². The maximum Gasteiger partial charge on any atom is 0.236 e. The van der Waals surface area contributed by atoms with Gasteiger partial charge in [0.1, 0.15) is 5.82 Å². The average Bonchev–Trinajstić information content (AvgIpc) is 3.25. The number of hydrogen-bond acceptors (Lipinski definition) is 4. The van der Waals surface area contributed by atoms with E-state index in [0.717, 1.165) is 16.5 Å². The molecule has 1 saturated carbocycles. The molecule has 26 heavy (non-hydrogen) atoms. The van der Waals surface area contributed by atoms with Crippen LogP contribution >= 0.6 is 11.8 Å². The van der Waals surface area contributed by atoms with Gasteiger partial charge < -0.3 is 9.88 Å². The highest BCUT2D eigenvalue weighted by Gasteiger charge is 2.25. The molecule has 1 N–H and O–H groups in total. The van der Waals surface area contributed by atoms with Crippen LogP contribution in [0, 0.1) is 13.8 Å². The van der Waals surface area contributed by atoms with Crippen LogP contribution in [0.4, 0.5) is 5.82 Å².